The summed E-state index contributed by atoms with van der Waals surface area (Å²) in [7, 11) is 1.94. The van der Waals surface area contributed by atoms with Gasteiger partial charge >= 0.3 is 5.69 Å². The van der Waals surface area contributed by atoms with Crippen LogP contribution in [0.2, 0.25) is 0 Å². The third-order valence-corrected chi connectivity index (χ3v) is 3.16. The number of aryl methyl sites for hydroxylation is 1. The molecular weight excluding hydrogens is 260 g/mol. The highest BCUT2D eigenvalue weighted by Crippen LogP contribution is 2.12. The van der Waals surface area contributed by atoms with E-state index < -0.39 is 4.92 Å². The predicted octanol–water partition coefficient (Wildman–Crippen LogP) is 1.41. The van der Waals surface area contributed by atoms with Gasteiger partial charge in [-0.05, 0) is 20.9 Å². The Morgan fingerprint density at radius 3 is 2.70 bits per heavy atom. The summed E-state index contributed by atoms with van der Waals surface area (Å²) >= 11 is 0. The van der Waals surface area contributed by atoms with Crippen molar-refractivity contribution in [2.45, 2.75) is 33.6 Å². The van der Waals surface area contributed by atoms with Crippen LogP contribution in [-0.2, 0) is 19.8 Å². The first-order valence-electron chi connectivity index (χ1n) is 6.38. The van der Waals surface area contributed by atoms with Crippen LogP contribution in [0.1, 0.15) is 18.2 Å². The Morgan fingerprint density at radius 2 is 2.15 bits per heavy atom. The highest BCUT2D eigenvalue weighted by atomic mass is 16.6. The Labute approximate surface area is 116 Å². The molecule has 0 aliphatic heterocycles. The lowest BCUT2D eigenvalue weighted by molar-refractivity contribution is -0.385. The molecule has 0 unspecified atom stereocenters. The van der Waals surface area contributed by atoms with Crippen molar-refractivity contribution in [1.82, 2.24) is 24.5 Å². The van der Waals surface area contributed by atoms with Gasteiger partial charge in [0, 0.05) is 24.3 Å². The van der Waals surface area contributed by atoms with Gasteiger partial charge in [-0.25, -0.2) is 0 Å². The SMILES string of the molecule is CCn1ncc(CN(C)Cn2cc([N+](=O)[O-])cn2)c1C. The van der Waals surface area contributed by atoms with Gasteiger partial charge in [-0.1, -0.05) is 0 Å². The molecule has 0 bridgehead atoms. The van der Waals surface area contributed by atoms with Gasteiger partial charge in [0.2, 0.25) is 0 Å². The molecule has 2 aromatic rings. The van der Waals surface area contributed by atoms with Crippen LogP contribution < -0.4 is 0 Å². The van der Waals surface area contributed by atoms with E-state index in [4.69, 9.17) is 0 Å². The van der Waals surface area contributed by atoms with E-state index in [1.165, 1.54) is 12.4 Å². The average Bonchev–Trinajstić information content (AvgIpc) is 2.98. The van der Waals surface area contributed by atoms with Gasteiger partial charge in [-0.15, -0.1) is 0 Å². The second-order valence-electron chi connectivity index (χ2n) is 4.72. The molecule has 108 valence electrons. The number of aromatic nitrogens is 4. The summed E-state index contributed by atoms with van der Waals surface area (Å²) in [4.78, 5) is 12.2. The largest absolute Gasteiger partial charge is 0.307 e. The molecule has 8 nitrogen and oxygen atoms in total. The third kappa shape index (κ3) is 3.02. The van der Waals surface area contributed by atoms with Crippen molar-refractivity contribution >= 4 is 5.69 Å². The summed E-state index contributed by atoms with van der Waals surface area (Å²) in [5.74, 6) is 0. The Balaban J connectivity index is 1.99. The fourth-order valence-electron chi connectivity index (χ4n) is 2.07. The molecule has 0 aromatic carbocycles. The summed E-state index contributed by atoms with van der Waals surface area (Å²) in [6, 6.07) is 0. The minimum atomic E-state index is -0.446. The van der Waals surface area contributed by atoms with Crippen molar-refractivity contribution in [2.24, 2.45) is 0 Å². The van der Waals surface area contributed by atoms with Crippen LogP contribution in [0.5, 0.6) is 0 Å². The van der Waals surface area contributed by atoms with Crippen LogP contribution in [0, 0.1) is 17.0 Å². The normalized spacial score (nSPS) is 11.2. The van der Waals surface area contributed by atoms with Crippen molar-refractivity contribution in [3.63, 3.8) is 0 Å². The molecule has 2 rings (SSSR count). The third-order valence-electron chi connectivity index (χ3n) is 3.16. The van der Waals surface area contributed by atoms with Gasteiger partial charge in [0.25, 0.3) is 0 Å². The Bertz CT molecular complexity index is 603. The molecule has 2 aromatic heterocycles. The van der Waals surface area contributed by atoms with E-state index in [0.29, 0.717) is 6.67 Å². The van der Waals surface area contributed by atoms with Crippen LogP contribution in [0.3, 0.4) is 0 Å². The molecule has 0 fully saturated rings. The van der Waals surface area contributed by atoms with Crippen molar-refractivity contribution in [3.8, 4) is 0 Å². The van der Waals surface area contributed by atoms with Crippen molar-refractivity contribution < 1.29 is 4.92 Å². The smallest absolute Gasteiger partial charge is 0.283 e. The summed E-state index contributed by atoms with van der Waals surface area (Å²) in [6.07, 6.45) is 4.55. The minimum Gasteiger partial charge on any atom is -0.283 e. The second kappa shape index (κ2) is 5.83. The molecule has 0 saturated carbocycles. The van der Waals surface area contributed by atoms with Crippen molar-refractivity contribution in [1.29, 1.82) is 0 Å². The zero-order valence-electron chi connectivity index (χ0n) is 11.9. The van der Waals surface area contributed by atoms with Crippen LogP contribution in [0.4, 0.5) is 5.69 Å². The number of nitro groups is 1. The van der Waals surface area contributed by atoms with E-state index in [-0.39, 0.29) is 5.69 Å². The molecule has 0 aliphatic carbocycles. The summed E-state index contributed by atoms with van der Waals surface area (Å²) in [6.45, 7) is 6.15. The van der Waals surface area contributed by atoms with Gasteiger partial charge in [0.15, 0.2) is 0 Å². The molecule has 0 spiro atoms. The van der Waals surface area contributed by atoms with Crippen LogP contribution >= 0.6 is 0 Å². The summed E-state index contributed by atoms with van der Waals surface area (Å²) in [5.41, 5.74) is 2.30. The van der Waals surface area contributed by atoms with E-state index >= 15 is 0 Å². The first kappa shape index (κ1) is 14.2. The maximum Gasteiger partial charge on any atom is 0.307 e. The van der Waals surface area contributed by atoms with E-state index in [2.05, 4.69) is 17.1 Å². The molecule has 0 atom stereocenters. The van der Waals surface area contributed by atoms with Crippen molar-refractivity contribution in [3.05, 3.63) is 40.0 Å². The highest BCUT2D eigenvalue weighted by Gasteiger charge is 2.12. The van der Waals surface area contributed by atoms with Gasteiger partial charge in [0.1, 0.15) is 12.4 Å². The number of hydrogen-bond donors (Lipinski definition) is 0. The quantitative estimate of drug-likeness (QED) is 0.589. The number of nitrogens with zero attached hydrogens (tertiary/aromatic N) is 6. The highest BCUT2D eigenvalue weighted by molar-refractivity contribution is 5.20. The van der Waals surface area contributed by atoms with E-state index in [1.807, 2.05) is 29.7 Å². The maximum absolute atomic E-state index is 10.6. The fraction of sp³-hybridized carbons (Fsp3) is 0.500. The molecule has 8 heteroatoms. The number of rotatable bonds is 6. The second-order valence-corrected chi connectivity index (χ2v) is 4.72. The lowest BCUT2D eigenvalue weighted by Gasteiger charge is -2.16. The molecule has 20 heavy (non-hydrogen) atoms. The van der Waals surface area contributed by atoms with Crippen molar-refractivity contribution in [2.75, 3.05) is 7.05 Å². The molecule has 0 amide bonds. The molecule has 0 radical (unpaired) electrons. The lowest BCUT2D eigenvalue weighted by atomic mass is 10.2. The van der Waals surface area contributed by atoms with Gasteiger partial charge in [-0.2, -0.15) is 10.2 Å². The van der Waals surface area contributed by atoms with E-state index in [1.54, 1.807) is 4.68 Å². The van der Waals surface area contributed by atoms with Crippen LogP contribution in [0.25, 0.3) is 0 Å². The first-order valence-corrected chi connectivity index (χ1v) is 6.38. The number of hydrogen-bond acceptors (Lipinski definition) is 5. The molecule has 0 aliphatic rings. The van der Waals surface area contributed by atoms with Gasteiger partial charge < -0.3 is 0 Å². The molecule has 2 heterocycles. The lowest BCUT2D eigenvalue weighted by Crippen LogP contribution is -2.22. The van der Waals surface area contributed by atoms with Crippen LogP contribution in [0.15, 0.2) is 18.6 Å². The summed E-state index contributed by atoms with van der Waals surface area (Å²) in [5, 5.41) is 18.9. The van der Waals surface area contributed by atoms with Gasteiger partial charge in [0.05, 0.1) is 17.8 Å². The fourth-order valence-corrected chi connectivity index (χ4v) is 2.07. The van der Waals surface area contributed by atoms with E-state index in [9.17, 15) is 10.1 Å². The standard InChI is InChI=1S/C12H18N6O2/c1-4-17-10(2)11(5-14-17)7-15(3)9-16-8-12(6-13-16)18(19)20/h5-6,8H,4,7,9H2,1-3H3. The van der Waals surface area contributed by atoms with Gasteiger partial charge in [-0.3, -0.25) is 24.4 Å². The zero-order valence-corrected chi connectivity index (χ0v) is 11.9. The molecular formula is C12H18N6O2. The minimum absolute atomic E-state index is 0.00776. The Morgan fingerprint density at radius 1 is 1.40 bits per heavy atom. The summed E-state index contributed by atoms with van der Waals surface area (Å²) < 4.78 is 3.50. The Hall–Kier alpha value is -2.22. The van der Waals surface area contributed by atoms with Crippen LogP contribution in [-0.4, -0.2) is 36.4 Å². The first-order chi connectivity index (χ1) is 9.51. The Kier molecular flexibility index (Phi) is 4.14. The maximum atomic E-state index is 10.6. The predicted molar refractivity (Wildman–Crippen MR) is 73.0 cm³/mol. The molecule has 0 N–H and O–H groups in total. The zero-order chi connectivity index (χ0) is 14.7. The van der Waals surface area contributed by atoms with E-state index in [0.717, 1.165) is 24.3 Å². The average molecular weight is 278 g/mol. The monoisotopic (exact) mass is 278 g/mol. The molecule has 0 saturated heterocycles. The topological polar surface area (TPSA) is 82.0 Å².